The summed E-state index contributed by atoms with van der Waals surface area (Å²) in [7, 11) is 1.73. The van der Waals surface area contributed by atoms with Gasteiger partial charge in [0.25, 0.3) is 0 Å². The number of nitrogens with one attached hydrogen (secondary N) is 2. The third-order valence-electron chi connectivity index (χ3n) is 3.35. The zero-order chi connectivity index (χ0) is 17.2. The average molecular weight is 458 g/mol. The minimum Gasteiger partial charge on any atom is -0.439 e. The molecule has 7 heteroatoms. The number of aromatic nitrogens is 1. The van der Waals surface area contributed by atoms with Crippen LogP contribution in [-0.4, -0.2) is 24.5 Å². The maximum Gasteiger partial charge on any atom is 0.224 e. The molecule has 0 unspecified atom stereocenters. The van der Waals surface area contributed by atoms with Gasteiger partial charge in [-0.3, -0.25) is 4.99 Å². The van der Waals surface area contributed by atoms with Crippen molar-refractivity contribution in [3.8, 4) is 11.6 Å². The van der Waals surface area contributed by atoms with Gasteiger partial charge in [-0.1, -0.05) is 25.5 Å². The first-order valence-electron chi connectivity index (χ1n) is 8.04. The Kier molecular flexibility index (Phi) is 9.83. The van der Waals surface area contributed by atoms with Crippen molar-refractivity contribution < 1.29 is 9.13 Å². The lowest BCUT2D eigenvalue weighted by Crippen LogP contribution is -2.37. The summed E-state index contributed by atoms with van der Waals surface area (Å²) in [6.07, 6.45) is 3.85. The summed E-state index contributed by atoms with van der Waals surface area (Å²) in [6, 6.07) is 9.75. The van der Waals surface area contributed by atoms with Crippen LogP contribution in [0.15, 0.2) is 47.6 Å². The number of benzene rings is 1. The molecule has 5 nitrogen and oxygen atoms in total. The summed E-state index contributed by atoms with van der Waals surface area (Å²) >= 11 is 0. The predicted molar refractivity (Wildman–Crippen MR) is 109 cm³/mol. The molecular weight excluding hydrogens is 434 g/mol. The van der Waals surface area contributed by atoms with Crippen LogP contribution in [0.25, 0.3) is 0 Å². The quantitative estimate of drug-likeness (QED) is 0.284. The monoisotopic (exact) mass is 458 g/mol. The zero-order valence-electron chi connectivity index (χ0n) is 14.5. The molecule has 0 aliphatic rings. The van der Waals surface area contributed by atoms with Crippen molar-refractivity contribution in [3.05, 3.63) is 54.0 Å². The van der Waals surface area contributed by atoms with E-state index in [1.807, 2.05) is 12.1 Å². The van der Waals surface area contributed by atoms with Crippen LogP contribution in [0.5, 0.6) is 11.6 Å². The molecule has 0 saturated heterocycles. The second-order valence-electron chi connectivity index (χ2n) is 5.23. The maximum atomic E-state index is 13.3. The molecule has 2 rings (SSSR count). The number of halogens is 2. The number of ether oxygens (including phenoxy) is 1. The maximum absolute atomic E-state index is 13.3. The highest BCUT2D eigenvalue weighted by atomic mass is 127. The highest BCUT2D eigenvalue weighted by Gasteiger charge is 2.07. The summed E-state index contributed by atoms with van der Waals surface area (Å²) < 4.78 is 19.0. The Morgan fingerprint density at radius 3 is 2.80 bits per heavy atom. The van der Waals surface area contributed by atoms with Gasteiger partial charge in [0.05, 0.1) is 0 Å². The Morgan fingerprint density at radius 1 is 1.24 bits per heavy atom. The van der Waals surface area contributed by atoms with Crippen LogP contribution in [0.4, 0.5) is 4.39 Å². The third kappa shape index (κ3) is 7.25. The van der Waals surface area contributed by atoms with Crippen molar-refractivity contribution in [2.24, 2.45) is 4.99 Å². The summed E-state index contributed by atoms with van der Waals surface area (Å²) in [4.78, 5) is 8.42. The topological polar surface area (TPSA) is 58.5 Å². The zero-order valence-corrected chi connectivity index (χ0v) is 16.8. The van der Waals surface area contributed by atoms with E-state index in [9.17, 15) is 4.39 Å². The molecule has 1 aromatic carbocycles. The van der Waals surface area contributed by atoms with E-state index in [1.54, 1.807) is 25.4 Å². The van der Waals surface area contributed by atoms with Crippen molar-refractivity contribution in [1.29, 1.82) is 0 Å². The molecule has 0 bridgehead atoms. The number of rotatable bonds is 7. The molecule has 25 heavy (non-hydrogen) atoms. The standard InChI is InChI=1S/C18H23FN4O.HI/c1-3-4-10-22-18(20-2)23-13-14-7-6-11-21-17(14)24-16-9-5-8-15(19)12-16;/h5-9,11-12H,3-4,10,13H2,1-2H3,(H2,20,22,23);1H. The van der Waals surface area contributed by atoms with E-state index < -0.39 is 0 Å². The number of nitrogens with zero attached hydrogens (tertiary/aromatic N) is 2. The van der Waals surface area contributed by atoms with Gasteiger partial charge in [-0.25, -0.2) is 9.37 Å². The van der Waals surface area contributed by atoms with Crippen LogP contribution in [0.2, 0.25) is 0 Å². The molecule has 136 valence electrons. The summed E-state index contributed by atoms with van der Waals surface area (Å²) in [5.74, 6) is 1.24. The van der Waals surface area contributed by atoms with Gasteiger partial charge in [-0.15, -0.1) is 24.0 Å². The Morgan fingerprint density at radius 2 is 2.08 bits per heavy atom. The Balaban J connectivity index is 0.00000312. The van der Waals surface area contributed by atoms with Gasteiger partial charge in [0, 0.05) is 38.0 Å². The van der Waals surface area contributed by atoms with Gasteiger partial charge in [-0.05, 0) is 24.6 Å². The van der Waals surface area contributed by atoms with Crippen molar-refractivity contribution >= 4 is 29.9 Å². The largest absolute Gasteiger partial charge is 0.439 e. The van der Waals surface area contributed by atoms with E-state index >= 15 is 0 Å². The smallest absolute Gasteiger partial charge is 0.224 e. The lowest BCUT2D eigenvalue weighted by atomic mass is 10.2. The molecule has 1 aromatic heterocycles. The van der Waals surface area contributed by atoms with Crippen LogP contribution >= 0.6 is 24.0 Å². The van der Waals surface area contributed by atoms with Gasteiger partial charge in [-0.2, -0.15) is 0 Å². The van der Waals surface area contributed by atoms with Crippen LogP contribution in [0.3, 0.4) is 0 Å². The van der Waals surface area contributed by atoms with Gasteiger partial charge in [0.2, 0.25) is 5.88 Å². The molecule has 0 aliphatic carbocycles. The predicted octanol–water partition coefficient (Wildman–Crippen LogP) is 4.10. The Labute approximate surface area is 165 Å². The van der Waals surface area contributed by atoms with E-state index in [-0.39, 0.29) is 29.8 Å². The van der Waals surface area contributed by atoms with Crippen molar-refractivity contribution in [3.63, 3.8) is 0 Å². The number of aliphatic imine (C=N–C) groups is 1. The Hall–Kier alpha value is -1.90. The molecule has 0 fully saturated rings. The van der Waals surface area contributed by atoms with Gasteiger partial charge >= 0.3 is 0 Å². The number of unbranched alkanes of at least 4 members (excludes halogenated alkanes) is 1. The fraction of sp³-hybridized carbons (Fsp3) is 0.333. The molecule has 0 saturated carbocycles. The van der Waals surface area contributed by atoms with Gasteiger partial charge in [0.1, 0.15) is 11.6 Å². The van der Waals surface area contributed by atoms with Crippen molar-refractivity contribution in [1.82, 2.24) is 15.6 Å². The van der Waals surface area contributed by atoms with Crippen molar-refractivity contribution in [2.45, 2.75) is 26.3 Å². The summed E-state index contributed by atoms with van der Waals surface area (Å²) in [5, 5.41) is 6.47. The average Bonchev–Trinajstić information content (AvgIpc) is 2.59. The third-order valence-corrected chi connectivity index (χ3v) is 3.35. The molecule has 2 N–H and O–H groups in total. The Bertz CT molecular complexity index is 682. The van der Waals surface area contributed by atoms with Crippen LogP contribution in [0.1, 0.15) is 25.3 Å². The summed E-state index contributed by atoms with van der Waals surface area (Å²) in [5.41, 5.74) is 0.861. The highest BCUT2D eigenvalue weighted by molar-refractivity contribution is 14.0. The molecule has 1 heterocycles. The molecular formula is C18H24FIN4O. The first-order valence-corrected chi connectivity index (χ1v) is 8.04. The first-order chi connectivity index (χ1) is 11.7. The minimum atomic E-state index is -0.344. The molecule has 0 radical (unpaired) electrons. The number of pyridine rings is 1. The number of hydrogen-bond acceptors (Lipinski definition) is 3. The van der Waals surface area contributed by atoms with E-state index in [2.05, 4.69) is 27.5 Å². The molecule has 2 aromatic rings. The lowest BCUT2D eigenvalue weighted by Gasteiger charge is -2.13. The van der Waals surface area contributed by atoms with Crippen LogP contribution < -0.4 is 15.4 Å². The van der Waals surface area contributed by atoms with E-state index in [0.717, 1.165) is 30.9 Å². The minimum absolute atomic E-state index is 0. The second-order valence-corrected chi connectivity index (χ2v) is 5.23. The van der Waals surface area contributed by atoms with E-state index in [4.69, 9.17) is 4.74 Å². The molecule has 0 aliphatic heterocycles. The van der Waals surface area contributed by atoms with E-state index in [0.29, 0.717) is 18.2 Å². The lowest BCUT2D eigenvalue weighted by molar-refractivity contribution is 0.450. The number of hydrogen-bond donors (Lipinski definition) is 2. The second kappa shape index (κ2) is 11.6. The van der Waals surface area contributed by atoms with Gasteiger partial charge in [0.15, 0.2) is 5.96 Å². The molecule has 0 atom stereocenters. The highest BCUT2D eigenvalue weighted by Crippen LogP contribution is 2.23. The molecule has 0 amide bonds. The number of guanidine groups is 1. The van der Waals surface area contributed by atoms with Crippen LogP contribution in [-0.2, 0) is 6.54 Å². The first kappa shape index (κ1) is 21.1. The SMILES string of the molecule is CCCCNC(=NC)NCc1cccnc1Oc1cccc(F)c1.I. The molecule has 0 spiro atoms. The van der Waals surface area contributed by atoms with E-state index in [1.165, 1.54) is 12.1 Å². The van der Waals surface area contributed by atoms with Crippen LogP contribution in [0, 0.1) is 5.82 Å². The fourth-order valence-corrected chi connectivity index (χ4v) is 2.08. The van der Waals surface area contributed by atoms with Gasteiger partial charge < -0.3 is 15.4 Å². The fourth-order valence-electron chi connectivity index (χ4n) is 2.08. The summed E-state index contributed by atoms with van der Waals surface area (Å²) in [6.45, 7) is 3.52. The van der Waals surface area contributed by atoms with Crippen molar-refractivity contribution in [2.75, 3.05) is 13.6 Å². The normalized spacial score (nSPS) is 10.8.